The van der Waals surface area contributed by atoms with E-state index < -0.39 is 16.9 Å². The van der Waals surface area contributed by atoms with Crippen LogP contribution in [0.25, 0.3) is 0 Å². The molecule has 2 rings (SSSR count). The number of hydrogen-bond donors (Lipinski definition) is 1. The molecular formula is C22H28F3OP. The van der Waals surface area contributed by atoms with Gasteiger partial charge in [-0.2, -0.15) is 13.2 Å². The molecule has 0 spiro atoms. The molecule has 148 valence electrons. The minimum atomic E-state index is -4.38. The lowest BCUT2D eigenvalue weighted by Crippen LogP contribution is -2.26. The molecule has 0 aliphatic rings. The van der Waals surface area contributed by atoms with Crippen LogP contribution in [0.3, 0.4) is 0 Å². The molecule has 0 radical (unpaired) electrons. The summed E-state index contributed by atoms with van der Waals surface area (Å²) < 4.78 is 41.0. The van der Waals surface area contributed by atoms with Crippen LogP contribution in [0.15, 0.2) is 30.3 Å². The van der Waals surface area contributed by atoms with Crippen LogP contribution in [0.1, 0.15) is 60.9 Å². The fourth-order valence-electron chi connectivity index (χ4n) is 3.73. The topological polar surface area (TPSA) is 20.2 Å². The van der Waals surface area contributed by atoms with E-state index in [9.17, 15) is 18.3 Å². The molecule has 0 heterocycles. The van der Waals surface area contributed by atoms with Crippen LogP contribution < -0.4 is 5.30 Å². The van der Waals surface area contributed by atoms with E-state index in [-0.39, 0.29) is 14.3 Å². The Hall–Kier alpha value is -1.54. The molecule has 1 N–H and O–H groups in total. The highest BCUT2D eigenvalue weighted by molar-refractivity contribution is 7.48. The van der Waals surface area contributed by atoms with Crippen molar-refractivity contribution in [3.63, 3.8) is 0 Å². The molecule has 2 atom stereocenters. The molecule has 0 bridgehead atoms. The van der Waals surface area contributed by atoms with Crippen LogP contribution in [0.2, 0.25) is 0 Å². The summed E-state index contributed by atoms with van der Waals surface area (Å²) in [5.41, 5.74) is 2.60. The minimum Gasteiger partial charge on any atom is -0.507 e. The maximum Gasteiger partial charge on any atom is 0.417 e. The molecule has 0 aliphatic carbocycles. The highest BCUT2D eigenvalue weighted by Gasteiger charge is 2.38. The molecule has 5 heteroatoms. The Morgan fingerprint density at radius 1 is 0.926 bits per heavy atom. The molecule has 27 heavy (non-hydrogen) atoms. The van der Waals surface area contributed by atoms with Crippen molar-refractivity contribution < 1.29 is 18.3 Å². The van der Waals surface area contributed by atoms with Gasteiger partial charge in [0.2, 0.25) is 0 Å². The van der Waals surface area contributed by atoms with Gasteiger partial charge in [-0.25, -0.2) is 0 Å². The fourth-order valence-corrected chi connectivity index (χ4v) is 5.64. The second-order valence-electron chi connectivity index (χ2n) is 7.34. The highest BCUT2D eigenvalue weighted by atomic mass is 31.1. The summed E-state index contributed by atoms with van der Waals surface area (Å²) in [5.74, 6) is 0.212. The van der Waals surface area contributed by atoms with Gasteiger partial charge in [0.1, 0.15) is 5.75 Å². The lowest BCUT2D eigenvalue weighted by atomic mass is 9.88. The largest absolute Gasteiger partial charge is 0.507 e. The Bertz CT molecular complexity index is 814. The first-order chi connectivity index (χ1) is 12.5. The van der Waals surface area contributed by atoms with Crippen molar-refractivity contribution in [2.24, 2.45) is 0 Å². The van der Waals surface area contributed by atoms with E-state index in [0.29, 0.717) is 17.3 Å². The molecule has 2 aromatic carbocycles. The van der Waals surface area contributed by atoms with Crippen LogP contribution in [0, 0.1) is 20.8 Å². The SMILES string of the molecule is CCCC(CC)(Pc1ccc(C)cc1C(F)(F)F)c1cc(C)cc(C)c1O. The van der Waals surface area contributed by atoms with Gasteiger partial charge in [0, 0.05) is 10.7 Å². The van der Waals surface area contributed by atoms with Crippen LogP contribution in [0.4, 0.5) is 13.2 Å². The summed E-state index contributed by atoms with van der Waals surface area (Å²) in [4.78, 5) is 0. The first-order valence-electron chi connectivity index (χ1n) is 9.30. The molecule has 0 amide bonds. The van der Waals surface area contributed by atoms with Crippen molar-refractivity contribution in [1.29, 1.82) is 0 Å². The third-order valence-electron chi connectivity index (χ3n) is 5.10. The van der Waals surface area contributed by atoms with Gasteiger partial charge in [-0.15, -0.1) is 0 Å². The summed E-state index contributed by atoms with van der Waals surface area (Å²) in [5, 5.41) is 10.6. The van der Waals surface area contributed by atoms with E-state index in [2.05, 4.69) is 0 Å². The summed E-state index contributed by atoms with van der Waals surface area (Å²) in [7, 11) is -0.0720. The van der Waals surface area contributed by atoms with Gasteiger partial charge in [-0.05, 0) is 50.5 Å². The molecule has 1 nitrogen and oxygen atoms in total. The number of phenolic OH excluding ortho intramolecular Hbond substituents is 1. The number of rotatable bonds is 6. The summed E-state index contributed by atoms with van der Waals surface area (Å²) >= 11 is 0. The average Bonchev–Trinajstić information content (AvgIpc) is 2.58. The zero-order valence-electron chi connectivity index (χ0n) is 16.6. The quantitative estimate of drug-likeness (QED) is 0.536. The van der Waals surface area contributed by atoms with Crippen molar-refractivity contribution >= 4 is 13.9 Å². The number of benzene rings is 2. The molecule has 2 aromatic rings. The smallest absolute Gasteiger partial charge is 0.417 e. The summed E-state index contributed by atoms with van der Waals surface area (Å²) in [6.45, 7) is 9.51. The number of aromatic hydroxyl groups is 1. The molecular weight excluding hydrogens is 368 g/mol. The number of hydrogen-bond acceptors (Lipinski definition) is 1. The lowest BCUT2D eigenvalue weighted by molar-refractivity contribution is -0.136. The zero-order valence-corrected chi connectivity index (χ0v) is 17.6. The molecule has 0 saturated heterocycles. The van der Waals surface area contributed by atoms with Gasteiger partial charge in [0.25, 0.3) is 0 Å². The van der Waals surface area contributed by atoms with Crippen molar-refractivity contribution in [2.75, 3.05) is 0 Å². The van der Waals surface area contributed by atoms with E-state index in [1.165, 1.54) is 6.07 Å². The van der Waals surface area contributed by atoms with Crippen molar-refractivity contribution in [1.82, 2.24) is 0 Å². The Labute approximate surface area is 161 Å². The van der Waals surface area contributed by atoms with Crippen LogP contribution in [-0.2, 0) is 11.3 Å². The number of aryl methyl sites for hydroxylation is 3. The number of phenols is 1. The molecule has 0 aliphatic heterocycles. The van der Waals surface area contributed by atoms with Gasteiger partial charge >= 0.3 is 6.18 Å². The van der Waals surface area contributed by atoms with Crippen LogP contribution in [-0.4, -0.2) is 5.11 Å². The van der Waals surface area contributed by atoms with Crippen LogP contribution in [0.5, 0.6) is 5.75 Å². The third-order valence-corrected chi connectivity index (χ3v) is 7.15. The Morgan fingerprint density at radius 3 is 2.11 bits per heavy atom. The molecule has 0 aromatic heterocycles. The van der Waals surface area contributed by atoms with E-state index in [0.717, 1.165) is 29.5 Å². The van der Waals surface area contributed by atoms with Gasteiger partial charge in [-0.3, -0.25) is 0 Å². The molecule has 2 unspecified atom stereocenters. The maximum atomic E-state index is 13.7. The van der Waals surface area contributed by atoms with Gasteiger partial charge < -0.3 is 5.11 Å². The number of halogens is 3. The van der Waals surface area contributed by atoms with E-state index in [1.54, 1.807) is 19.1 Å². The third kappa shape index (κ3) is 4.66. The Balaban J connectivity index is 2.67. The van der Waals surface area contributed by atoms with E-state index in [4.69, 9.17) is 0 Å². The standard InChI is InChI=1S/C22H28F3OP/c1-6-10-21(7-2,18-13-15(4)11-16(5)20(18)26)27-19-9-8-14(3)12-17(19)22(23,24)25/h8-9,11-13,26-27H,6-7,10H2,1-5H3. The molecule has 0 fully saturated rings. The monoisotopic (exact) mass is 396 g/mol. The Kier molecular flexibility index (Phi) is 6.63. The second-order valence-corrected chi connectivity index (χ2v) is 9.08. The Morgan fingerprint density at radius 2 is 1.56 bits per heavy atom. The van der Waals surface area contributed by atoms with Crippen molar-refractivity contribution in [2.45, 2.75) is 65.2 Å². The first-order valence-corrected chi connectivity index (χ1v) is 10.3. The van der Waals surface area contributed by atoms with Gasteiger partial charge in [0.05, 0.1) is 5.56 Å². The number of alkyl halides is 3. The second kappa shape index (κ2) is 8.22. The lowest BCUT2D eigenvalue weighted by Gasteiger charge is -2.35. The first kappa shape index (κ1) is 21.8. The average molecular weight is 396 g/mol. The van der Waals surface area contributed by atoms with E-state index >= 15 is 0 Å². The van der Waals surface area contributed by atoms with Crippen LogP contribution >= 0.6 is 8.58 Å². The van der Waals surface area contributed by atoms with Gasteiger partial charge in [-0.1, -0.05) is 64.2 Å². The maximum absolute atomic E-state index is 13.7. The molecule has 0 saturated carbocycles. The van der Waals surface area contributed by atoms with Gasteiger partial charge in [0.15, 0.2) is 0 Å². The predicted octanol–water partition coefficient (Wildman–Crippen LogP) is 6.75. The summed E-state index contributed by atoms with van der Waals surface area (Å²) in [6.07, 6.45) is -2.16. The highest BCUT2D eigenvalue weighted by Crippen LogP contribution is 2.52. The minimum absolute atomic E-state index is 0.0720. The van der Waals surface area contributed by atoms with Crippen molar-refractivity contribution in [3.05, 3.63) is 58.1 Å². The fraction of sp³-hybridized carbons (Fsp3) is 0.455. The summed E-state index contributed by atoms with van der Waals surface area (Å²) in [6, 6.07) is 8.43. The normalized spacial score (nSPS) is 14.7. The zero-order chi connectivity index (χ0) is 20.4. The van der Waals surface area contributed by atoms with E-state index in [1.807, 2.05) is 39.8 Å². The van der Waals surface area contributed by atoms with Crippen molar-refractivity contribution in [3.8, 4) is 5.75 Å². The predicted molar refractivity (Wildman–Crippen MR) is 109 cm³/mol.